The molecule has 0 amide bonds. The largest absolute Gasteiger partial charge is 0.382 e. The van der Waals surface area contributed by atoms with Crippen LogP contribution in [0.3, 0.4) is 0 Å². The Hall–Kier alpha value is -0.830. The van der Waals surface area contributed by atoms with Crippen molar-refractivity contribution in [2.75, 3.05) is 34.8 Å². The van der Waals surface area contributed by atoms with Gasteiger partial charge in [0.2, 0.25) is 0 Å². The fraction of sp³-hybridized carbons (Fsp3) is 0.625. The molecule has 3 heteroatoms. The van der Waals surface area contributed by atoms with Crippen molar-refractivity contribution >= 4 is 23.1 Å². The quantitative estimate of drug-likeness (QED) is 0.899. The number of hydrogen-bond acceptors (Lipinski definition) is 3. The van der Waals surface area contributed by atoms with Crippen molar-refractivity contribution in [3.63, 3.8) is 0 Å². The average molecular weight is 276 g/mol. The monoisotopic (exact) mass is 276 g/mol. The summed E-state index contributed by atoms with van der Waals surface area (Å²) in [5, 5.41) is 3.68. The van der Waals surface area contributed by atoms with Gasteiger partial charge in [0, 0.05) is 30.5 Å². The molecule has 0 unspecified atom stereocenters. The zero-order valence-electron chi connectivity index (χ0n) is 11.6. The van der Waals surface area contributed by atoms with Crippen LogP contribution in [0.1, 0.15) is 32.1 Å². The fourth-order valence-electron chi connectivity index (χ4n) is 3.00. The summed E-state index contributed by atoms with van der Waals surface area (Å²) in [4.78, 5) is 2.52. The van der Waals surface area contributed by atoms with Crippen molar-refractivity contribution in [3.8, 4) is 0 Å². The minimum atomic E-state index is 0.682. The summed E-state index contributed by atoms with van der Waals surface area (Å²) in [6, 6.07) is 9.76. The second-order valence-corrected chi connectivity index (χ2v) is 6.85. The zero-order chi connectivity index (χ0) is 12.9. The van der Waals surface area contributed by atoms with Crippen LogP contribution in [0.15, 0.2) is 24.3 Å². The van der Waals surface area contributed by atoms with Crippen molar-refractivity contribution in [1.82, 2.24) is 0 Å². The summed E-state index contributed by atoms with van der Waals surface area (Å²) >= 11 is 2.08. The lowest BCUT2D eigenvalue weighted by Crippen LogP contribution is -2.29. The van der Waals surface area contributed by atoms with Crippen LogP contribution in [0.5, 0.6) is 0 Å². The average Bonchev–Trinajstić information content (AvgIpc) is 2.50. The number of thioether (sulfide) groups is 1. The van der Waals surface area contributed by atoms with E-state index in [-0.39, 0.29) is 0 Å². The van der Waals surface area contributed by atoms with Crippen LogP contribution >= 0.6 is 11.8 Å². The number of piperidine rings is 1. The van der Waals surface area contributed by atoms with E-state index in [9.17, 15) is 0 Å². The second kappa shape index (κ2) is 6.56. The molecule has 0 radical (unpaired) electrons. The molecule has 2 heterocycles. The first kappa shape index (κ1) is 13.2. The highest BCUT2D eigenvalue weighted by atomic mass is 32.2. The van der Waals surface area contributed by atoms with E-state index < -0.39 is 0 Å². The fourth-order valence-corrected chi connectivity index (χ4v) is 4.10. The molecule has 0 saturated carbocycles. The van der Waals surface area contributed by atoms with Crippen LogP contribution in [0.25, 0.3) is 0 Å². The normalized spacial score (nSPS) is 21.4. The van der Waals surface area contributed by atoms with Gasteiger partial charge in [0.15, 0.2) is 0 Å². The molecular weight excluding hydrogens is 252 g/mol. The lowest BCUT2D eigenvalue weighted by Gasteiger charge is -2.29. The summed E-state index contributed by atoms with van der Waals surface area (Å²) < 4.78 is 0. The lowest BCUT2D eigenvalue weighted by molar-refractivity contribution is 0.578. The topological polar surface area (TPSA) is 15.3 Å². The zero-order valence-corrected chi connectivity index (χ0v) is 12.4. The molecule has 2 aliphatic heterocycles. The lowest BCUT2D eigenvalue weighted by atomic mass is 10.1. The number of nitrogens with one attached hydrogen (secondary N) is 1. The molecule has 19 heavy (non-hydrogen) atoms. The Bertz CT molecular complexity index is 378. The van der Waals surface area contributed by atoms with Gasteiger partial charge in [-0.05, 0) is 67.9 Å². The van der Waals surface area contributed by atoms with Crippen molar-refractivity contribution in [1.29, 1.82) is 0 Å². The van der Waals surface area contributed by atoms with E-state index in [0.717, 1.165) is 0 Å². The summed E-state index contributed by atoms with van der Waals surface area (Å²) in [6.07, 6.45) is 6.70. The third kappa shape index (κ3) is 3.59. The molecule has 1 N–H and O–H groups in total. The maximum atomic E-state index is 3.68. The van der Waals surface area contributed by atoms with Crippen LogP contribution in [0, 0.1) is 0 Å². The molecule has 104 valence electrons. The molecule has 2 aliphatic rings. The highest BCUT2D eigenvalue weighted by Gasteiger charge is 2.14. The molecule has 2 saturated heterocycles. The molecular formula is C16H24N2S. The third-order valence-corrected chi connectivity index (χ3v) is 5.23. The highest BCUT2D eigenvalue weighted by Crippen LogP contribution is 2.24. The van der Waals surface area contributed by atoms with E-state index in [1.165, 1.54) is 68.1 Å². The Morgan fingerprint density at radius 3 is 2.32 bits per heavy atom. The van der Waals surface area contributed by atoms with Gasteiger partial charge in [-0.1, -0.05) is 0 Å². The van der Waals surface area contributed by atoms with Gasteiger partial charge in [-0.15, -0.1) is 0 Å². The first-order valence-electron chi connectivity index (χ1n) is 7.61. The second-order valence-electron chi connectivity index (χ2n) is 5.63. The Morgan fingerprint density at radius 2 is 1.63 bits per heavy atom. The highest BCUT2D eigenvalue weighted by molar-refractivity contribution is 7.99. The minimum absolute atomic E-state index is 0.682. The van der Waals surface area contributed by atoms with Gasteiger partial charge >= 0.3 is 0 Å². The van der Waals surface area contributed by atoms with Gasteiger partial charge in [0.25, 0.3) is 0 Å². The van der Waals surface area contributed by atoms with Crippen LogP contribution in [0.4, 0.5) is 11.4 Å². The molecule has 0 aliphatic carbocycles. The Morgan fingerprint density at radius 1 is 0.947 bits per heavy atom. The Labute approximate surface area is 121 Å². The van der Waals surface area contributed by atoms with Crippen LogP contribution < -0.4 is 10.2 Å². The van der Waals surface area contributed by atoms with Gasteiger partial charge in [-0.25, -0.2) is 0 Å². The first-order chi connectivity index (χ1) is 9.42. The molecule has 3 rings (SSSR count). The van der Waals surface area contributed by atoms with Gasteiger partial charge in [-0.2, -0.15) is 11.8 Å². The number of rotatable bonds is 3. The van der Waals surface area contributed by atoms with E-state index in [0.29, 0.717) is 6.04 Å². The first-order valence-corrected chi connectivity index (χ1v) is 8.76. The number of benzene rings is 1. The number of anilines is 2. The van der Waals surface area contributed by atoms with Gasteiger partial charge in [0.1, 0.15) is 0 Å². The van der Waals surface area contributed by atoms with Crippen LogP contribution in [0.2, 0.25) is 0 Å². The summed E-state index contributed by atoms with van der Waals surface area (Å²) in [7, 11) is 0. The number of hydrogen-bond donors (Lipinski definition) is 1. The standard InChI is InChI=1S/C16H24N2S/c1-2-10-18(11-3-1)16-6-4-14(5-7-16)17-15-8-12-19-13-9-15/h4-7,15,17H,1-3,8-13H2. The SMILES string of the molecule is c1cc(N2CCCCC2)ccc1NC1CCSCC1. The van der Waals surface area contributed by atoms with Gasteiger partial charge in [0.05, 0.1) is 0 Å². The van der Waals surface area contributed by atoms with Gasteiger partial charge < -0.3 is 10.2 Å². The summed E-state index contributed by atoms with van der Waals surface area (Å²) in [5.74, 6) is 2.62. The summed E-state index contributed by atoms with van der Waals surface area (Å²) in [6.45, 7) is 2.46. The molecule has 1 aromatic carbocycles. The molecule has 2 nitrogen and oxygen atoms in total. The van der Waals surface area contributed by atoms with E-state index in [1.54, 1.807) is 0 Å². The Kier molecular flexibility index (Phi) is 4.54. The molecule has 0 aromatic heterocycles. The van der Waals surface area contributed by atoms with E-state index in [4.69, 9.17) is 0 Å². The van der Waals surface area contributed by atoms with E-state index in [2.05, 4.69) is 46.2 Å². The van der Waals surface area contributed by atoms with E-state index >= 15 is 0 Å². The third-order valence-electron chi connectivity index (χ3n) is 4.18. The molecule has 0 bridgehead atoms. The van der Waals surface area contributed by atoms with Crippen LogP contribution in [-0.4, -0.2) is 30.6 Å². The summed E-state index contributed by atoms with van der Waals surface area (Å²) in [5.41, 5.74) is 2.68. The van der Waals surface area contributed by atoms with E-state index in [1.807, 2.05) is 0 Å². The predicted molar refractivity (Wildman–Crippen MR) is 86.5 cm³/mol. The molecule has 0 spiro atoms. The van der Waals surface area contributed by atoms with Crippen molar-refractivity contribution in [3.05, 3.63) is 24.3 Å². The maximum absolute atomic E-state index is 3.68. The van der Waals surface area contributed by atoms with Gasteiger partial charge in [-0.3, -0.25) is 0 Å². The Balaban J connectivity index is 1.58. The van der Waals surface area contributed by atoms with Crippen molar-refractivity contribution in [2.45, 2.75) is 38.1 Å². The minimum Gasteiger partial charge on any atom is -0.382 e. The predicted octanol–water partition coefficient (Wildman–Crippen LogP) is 3.98. The molecule has 0 atom stereocenters. The molecule has 2 fully saturated rings. The smallest absolute Gasteiger partial charge is 0.0367 e. The van der Waals surface area contributed by atoms with Crippen molar-refractivity contribution < 1.29 is 0 Å². The van der Waals surface area contributed by atoms with Crippen molar-refractivity contribution in [2.24, 2.45) is 0 Å². The number of nitrogens with zero attached hydrogens (tertiary/aromatic N) is 1. The van der Waals surface area contributed by atoms with Crippen LogP contribution in [-0.2, 0) is 0 Å². The molecule has 1 aromatic rings. The maximum Gasteiger partial charge on any atom is 0.0367 e.